The highest BCUT2D eigenvalue weighted by Gasteiger charge is 2.24. The lowest BCUT2D eigenvalue weighted by Gasteiger charge is -2.17. The van der Waals surface area contributed by atoms with E-state index in [0.29, 0.717) is 24.0 Å². The number of hydrogen-bond donors (Lipinski definition) is 0. The van der Waals surface area contributed by atoms with E-state index in [2.05, 4.69) is 17.0 Å². The molecule has 1 aliphatic rings. The van der Waals surface area contributed by atoms with Crippen LogP contribution >= 0.6 is 11.3 Å². The van der Waals surface area contributed by atoms with Gasteiger partial charge in [-0.3, -0.25) is 0 Å². The first-order valence-corrected chi connectivity index (χ1v) is 11.5. The van der Waals surface area contributed by atoms with Gasteiger partial charge in [0, 0.05) is 4.88 Å². The third-order valence-electron chi connectivity index (χ3n) is 5.95. The number of aryl methyl sites for hydroxylation is 1. The van der Waals surface area contributed by atoms with Crippen LogP contribution in [0.4, 0.5) is 0 Å². The van der Waals surface area contributed by atoms with E-state index >= 15 is 0 Å². The van der Waals surface area contributed by atoms with Crippen LogP contribution in [0.1, 0.15) is 29.5 Å². The van der Waals surface area contributed by atoms with Gasteiger partial charge in [0.25, 0.3) is 0 Å². The van der Waals surface area contributed by atoms with Gasteiger partial charge in [-0.2, -0.15) is 0 Å². The molecule has 0 unspecified atom stereocenters. The molecule has 1 aliphatic carbocycles. The third-order valence-corrected chi connectivity index (χ3v) is 7.12. The molecular weight excluding hydrogens is 424 g/mol. The lowest BCUT2D eigenvalue weighted by molar-refractivity contribution is 0.271. The second kappa shape index (κ2) is 7.63. The summed E-state index contributed by atoms with van der Waals surface area (Å²) in [5.41, 5.74) is 2.25. The van der Waals surface area contributed by atoms with Gasteiger partial charge in [0.15, 0.2) is 11.4 Å². The molecule has 0 radical (unpaired) electrons. The molecule has 1 aromatic carbocycles. The number of ether oxygens (including phenoxy) is 2. The zero-order chi connectivity index (χ0) is 21.7. The summed E-state index contributed by atoms with van der Waals surface area (Å²) in [5.74, 6) is 4.15. The molecule has 5 aromatic rings. The molecule has 0 aliphatic heterocycles. The summed E-state index contributed by atoms with van der Waals surface area (Å²) in [4.78, 5) is 12.0. The van der Waals surface area contributed by atoms with Gasteiger partial charge in [-0.05, 0) is 67.1 Å². The first kappa shape index (κ1) is 19.3. The SMILES string of the molecule is COc1ccc(OCc2ccc(-c3nc4c5c6c(sc5ncn4n3)C[C@H](C)CC6)o2)cc1. The predicted octanol–water partition coefficient (Wildman–Crippen LogP) is 5.31. The van der Waals surface area contributed by atoms with Crippen molar-refractivity contribution in [3.8, 4) is 23.1 Å². The molecule has 0 spiro atoms. The van der Waals surface area contributed by atoms with E-state index in [-0.39, 0.29) is 0 Å². The standard InChI is InChI=1S/C24H22N4O3S/c1-14-3-9-18-20(11-14)32-24-21(18)23-26-22(27-28(23)13-25-24)19-10-8-17(31-19)12-30-16-6-4-15(29-2)5-7-16/h4-8,10,13-14H,3,9,11-12H2,1-2H3/t14-/m1/s1. The van der Waals surface area contributed by atoms with Crippen LogP contribution in [0.2, 0.25) is 0 Å². The number of benzene rings is 1. The van der Waals surface area contributed by atoms with Crippen molar-refractivity contribution >= 4 is 27.2 Å². The Balaban J connectivity index is 1.28. The van der Waals surface area contributed by atoms with Gasteiger partial charge < -0.3 is 13.9 Å². The maximum Gasteiger partial charge on any atom is 0.217 e. The summed E-state index contributed by atoms with van der Waals surface area (Å²) in [6, 6.07) is 11.2. The average Bonchev–Trinajstić information content (AvgIpc) is 3.53. The summed E-state index contributed by atoms with van der Waals surface area (Å²) >= 11 is 1.79. The Labute approximate surface area is 188 Å². The number of hydrogen-bond acceptors (Lipinski definition) is 7. The zero-order valence-electron chi connectivity index (χ0n) is 17.9. The Bertz CT molecular complexity index is 1420. The molecule has 0 N–H and O–H groups in total. The molecule has 0 bridgehead atoms. The van der Waals surface area contributed by atoms with Crippen LogP contribution in [0.5, 0.6) is 11.5 Å². The average molecular weight is 447 g/mol. The molecule has 0 fully saturated rings. The number of aromatic nitrogens is 4. The molecule has 8 heteroatoms. The smallest absolute Gasteiger partial charge is 0.217 e. The number of methoxy groups -OCH3 is 1. The molecule has 4 heterocycles. The lowest BCUT2D eigenvalue weighted by Crippen LogP contribution is -2.08. The fraction of sp³-hybridized carbons (Fsp3) is 0.292. The molecule has 1 atom stereocenters. The van der Waals surface area contributed by atoms with E-state index in [9.17, 15) is 0 Å². The van der Waals surface area contributed by atoms with Crippen LogP contribution < -0.4 is 9.47 Å². The number of fused-ring (bicyclic) bond motifs is 5. The lowest BCUT2D eigenvalue weighted by atomic mass is 9.89. The predicted molar refractivity (Wildman–Crippen MR) is 122 cm³/mol. The van der Waals surface area contributed by atoms with Crippen molar-refractivity contribution in [2.75, 3.05) is 7.11 Å². The first-order chi connectivity index (χ1) is 15.7. The van der Waals surface area contributed by atoms with E-state index in [1.54, 1.807) is 29.3 Å². The van der Waals surface area contributed by atoms with Crippen molar-refractivity contribution < 1.29 is 13.9 Å². The first-order valence-electron chi connectivity index (χ1n) is 10.7. The highest BCUT2D eigenvalue weighted by Crippen LogP contribution is 2.39. The molecular formula is C24H22N4O3S. The van der Waals surface area contributed by atoms with E-state index in [1.807, 2.05) is 36.4 Å². The van der Waals surface area contributed by atoms with Crippen molar-refractivity contribution in [3.05, 3.63) is 58.9 Å². The van der Waals surface area contributed by atoms with Crippen LogP contribution in [0.3, 0.4) is 0 Å². The van der Waals surface area contributed by atoms with E-state index in [1.165, 1.54) is 16.9 Å². The summed E-state index contributed by atoms with van der Waals surface area (Å²) < 4.78 is 18.7. The number of nitrogens with zero attached hydrogens (tertiary/aromatic N) is 4. The van der Waals surface area contributed by atoms with Crippen molar-refractivity contribution in [1.29, 1.82) is 0 Å². The molecule has 6 rings (SSSR count). The second-order valence-electron chi connectivity index (χ2n) is 8.21. The van der Waals surface area contributed by atoms with Gasteiger partial charge in [0.05, 0.1) is 12.5 Å². The van der Waals surface area contributed by atoms with Gasteiger partial charge in [-0.15, -0.1) is 16.4 Å². The van der Waals surface area contributed by atoms with Gasteiger partial charge in [0.1, 0.15) is 35.0 Å². The quantitative estimate of drug-likeness (QED) is 0.364. The molecule has 162 valence electrons. The van der Waals surface area contributed by atoms with Crippen LogP contribution in [0.25, 0.3) is 27.4 Å². The number of thiophene rings is 1. The number of rotatable bonds is 5. The normalized spacial score (nSPS) is 15.9. The second-order valence-corrected chi connectivity index (χ2v) is 9.29. The van der Waals surface area contributed by atoms with Crippen molar-refractivity contribution in [3.63, 3.8) is 0 Å². The monoisotopic (exact) mass is 446 g/mol. The Hall–Kier alpha value is -3.39. The molecule has 0 amide bonds. The Kier molecular flexibility index (Phi) is 4.61. The van der Waals surface area contributed by atoms with Gasteiger partial charge in [0.2, 0.25) is 5.82 Å². The Morgan fingerprint density at radius 1 is 1.16 bits per heavy atom. The Morgan fingerprint density at radius 2 is 2.00 bits per heavy atom. The highest BCUT2D eigenvalue weighted by atomic mass is 32.1. The van der Waals surface area contributed by atoms with Gasteiger partial charge >= 0.3 is 0 Å². The summed E-state index contributed by atoms with van der Waals surface area (Å²) in [6.45, 7) is 2.64. The van der Waals surface area contributed by atoms with Crippen LogP contribution in [-0.2, 0) is 19.4 Å². The highest BCUT2D eigenvalue weighted by molar-refractivity contribution is 7.19. The summed E-state index contributed by atoms with van der Waals surface area (Å²) in [5, 5.41) is 5.77. The minimum absolute atomic E-state index is 0.321. The van der Waals surface area contributed by atoms with Crippen LogP contribution in [0, 0.1) is 5.92 Å². The molecule has 7 nitrogen and oxygen atoms in total. The van der Waals surface area contributed by atoms with E-state index in [0.717, 1.165) is 46.1 Å². The topological polar surface area (TPSA) is 74.7 Å². The Morgan fingerprint density at radius 3 is 2.84 bits per heavy atom. The summed E-state index contributed by atoms with van der Waals surface area (Å²) in [6.07, 6.45) is 5.15. The zero-order valence-corrected chi connectivity index (χ0v) is 18.7. The van der Waals surface area contributed by atoms with Gasteiger partial charge in [-0.1, -0.05) is 6.92 Å². The van der Waals surface area contributed by atoms with Crippen LogP contribution in [-0.4, -0.2) is 26.7 Å². The maximum atomic E-state index is 5.98. The molecule has 4 aromatic heterocycles. The van der Waals surface area contributed by atoms with Crippen LogP contribution in [0.15, 0.2) is 47.1 Å². The van der Waals surface area contributed by atoms with Crippen molar-refractivity contribution in [2.24, 2.45) is 5.92 Å². The fourth-order valence-electron chi connectivity index (χ4n) is 4.25. The molecule has 32 heavy (non-hydrogen) atoms. The van der Waals surface area contributed by atoms with Gasteiger partial charge in [-0.25, -0.2) is 14.5 Å². The maximum absolute atomic E-state index is 5.98. The molecule has 0 saturated heterocycles. The number of furan rings is 1. The minimum atomic E-state index is 0.321. The van der Waals surface area contributed by atoms with E-state index < -0.39 is 0 Å². The largest absolute Gasteiger partial charge is 0.497 e. The minimum Gasteiger partial charge on any atom is -0.497 e. The summed E-state index contributed by atoms with van der Waals surface area (Å²) in [7, 11) is 1.64. The fourth-order valence-corrected chi connectivity index (χ4v) is 5.59. The van der Waals surface area contributed by atoms with Crippen molar-refractivity contribution in [1.82, 2.24) is 19.6 Å². The van der Waals surface area contributed by atoms with E-state index in [4.69, 9.17) is 18.9 Å². The third kappa shape index (κ3) is 3.31. The molecule has 0 saturated carbocycles. The van der Waals surface area contributed by atoms with Crippen molar-refractivity contribution in [2.45, 2.75) is 32.8 Å².